The van der Waals surface area contributed by atoms with Gasteiger partial charge in [-0.15, -0.1) is 0 Å². The van der Waals surface area contributed by atoms with Crippen LogP contribution in [0.5, 0.6) is 0 Å². The predicted molar refractivity (Wildman–Crippen MR) is 94.2 cm³/mol. The molecule has 0 bridgehead atoms. The molecule has 1 N–H and O–H groups in total. The van der Waals surface area contributed by atoms with E-state index in [0.29, 0.717) is 24.2 Å². The zero-order chi connectivity index (χ0) is 17.4. The Hall–Kier alpha value is -2.17. The van der Waals surface area contributed by atoms with Crippen molar-refractivity contribution in [2.24, 2.45) is 5.92 Å². The maximum Gasteiger partial charge on any atom is 0.225 e. The van der Waals surface area contributed by atoms with Gasteiger partial charge in [0.05, 0.1) is 6.20 Å². The van der Waals surface area contributed by atoms with Crippen molar-refractivity contribution in [2.75, 3.05) is 13.1 Å². The Morgan fingerprint density at radius 2 is 2.08 bits per heavy atom. The van der Waals surface area contributed by atoms with Crippen LogP contribution in [0.15, 0.2) is 18.3 Å². The van der Waals surface area contributed by atoms with Crippen LogP contribution < -0.4 is 0 Å². The van der Waals surface area contributed by atoms with Crippen molar-refractivity contribution in [1.82, 2.24) is 15.1 Å². The number of hydrogen-bond donors (Lipinski definition) is 1. The number of benzene rings is 1. The van der Waals surface area contributed by atoms with E-state index in [9.17, 15) is 4.79 Å². The van der Waals surface area contributed by atoms with E-state index < -0.39 is 0 Å². The van der Waals surface area contributed by atoms with Crippen LogP contribution in [0, 0.1) is 11.7 Å². The molecule has 2 heterocycles. The van der Waals surface area contributed by atoms with Gasteiger partial charge in [0, 0.05) is 30.0 Å². The SMILES string of the molecule is CC(C)C(=O)N1CCC=C(c2cc(C(C)C)c3cn[nH]c3c2F)C1. The van der Waals surface area contributed by atoms with Gasteiger partial charge in [-0.05, 0) is 29.5 Å². The molecule has 0 saturated carbocycles. The summed E-state index contributed by atoms with van der Waals surface area (Å²) < 4.78 is 15.0. The van der Waals surface area contributed by atoms with E-state index in [0.717, 1.165) is 22.9 Å². The predicted octanol–water partition coefficient (Wildman–Crippen LogP) is 4.10. The Bertz CT molecular complexity index is 804. The molecule has 1 amide bonds. The van der Waals surface area contributed by atoms with Crippen molar-refractivity contribution in [1.29, 1.82) is 0 Å². The molecule has 5 heteroatoms. The van der Waals surface area contributed by atoms with Crippen LogP contribution in [0.4, 0.5) is 4.39 Å². The minimum absolute atomic E-state index is 0.0458. The number of amides is 1. The smallest absolute Gasteiger partial charge is 0.225 e. The van der Waals surface area contributed by atoms with Crippen molar-refractivity contribution in [3.05, 3.63) is 35.3 Å². The first-order chi connectivity index (χ1) is 11.4. The second kappa shape index (κ2) is 6.38. The molecule has 0 unspecified atom stereocenters. The van der Waals surface area contributed by atoms with Crippen molar-refractivity contribution in [3.8, 4) is 0 Å². The van der Waals surface area contributed by atoms with E-state index in [1.807, 2.05) is 24.8 Å². The van der Waals surface area contributed by atoms with Crippen LogP contribution in [0.25, 0.3) is 16.5 Å². The number of nitrogens with zero attached hydrogens (tertiary/aromatic N) is 2. The fourth-order valence-electron chi connectivity index (χ4n) is 3.31. The topological polar surface area (TPSA) is 49.0 Å². The Morgan fingerprint density at radius 3 is 2.75 bits per heavy atom. The molecule has 1 aliphatic heterocycles. The number of rotatable bonds is 3. The van der Waals surface area contributed by atoms with Gasteiger partial charge in [0.25, 0.3) is 0 Å². The lowest BCUT2D eigenvalue weighted by atomic mass is 9.92. The molecule has 0 atom stereocenters. The maximum absolute atomic E-state index is 15.0. The molecular weight excluding hydrogens is 305 g/mol. The zero-order valence-electron chi connectivity index (χ0n) is 14.7. The number of H-pyrrole nitrogens is 1. The summed E-state index contributed by atoms with van der Waals surface area (Å²) in [5.74, 6) is 0.0576. The van der Waals surface area contributed by atoms with Crippen LogP contribution in [-0.2, 0) is 4.79 Å². The van der Waals surface area contributed by atoms with Gasteiger partial charge >= 0.3 is 0 Å². The van der Waals surface area contributed by atoms with Crippen molar-refractivity contribution in [2.45, 2.75) is 40.0 Å². The quantitative estimate of drug-likeness (QED) is 0.922. The molecule has 1 aromatic heterocycles. The number of carbonyl (C=O) groups excluding carboxylic acids is 1. The first-order valence-electron chi connectivity index (χ1n) is 8.53. The maximum atomic E-state index is 15.0. The highest BCUT2D eigenvalue weighted by atomic mass is 19.1. The summed E-state index contributed by atoms with van der Waals surface area (Å²) in [6.45, 7) is 9.14. The monoisotopic (exact) mass is 329 g/mol. The van der Waals surface area contributed by atoms with E-state index in [4.69, 9.17) is 0 Å². The van der Waals surface area contributed by atoms with Crippen molar-refractivity contribution >= 4 is 22.4 Å². The third-order valence-electron chi connectivity index (χ3n) is 4.63. The standard InChI is InChI=1S/C19H24FN3O/c1-11(2)14-8-15(17(20)18-16(14)9-21-22-18)13-6-5-7-23(10-13)19(24)12(3)4/h6,8-9,11-12H,5,7,10H2,1-4H3,(H,21,22). The highest BCUT2D eigenvalue weighted by Crippen LogP contribution is 2.33. The Balaban J connectivity index is 2.04. The largest absolute Gasteiger partial charge is 0.338 e. The molecule has 128 valence electrons. The summed E-state index contributed by atoms with van der Waals surface area (Å²) in [6.07, 6.45) is 4.49. The molecule has 1 aliphatic rings. The third-order valence-corrected chi connectivity index (χ3v) is 4.63. The van der Waals surface area contributed by atoms with Gasteiger partial charge in [0.1, 0.15) is 5.52 Å². The first-order valence-corrected chi connectivity index (χ1v) is 8.53. The molecule has 4 nitrogen and oxygen atoms in total. The van der Waals surface area contributed by atoms with E-state index >= 15 is 4.39 Å². The minimum atomic E-state index is -0.281. The summed E-state index contributed by atoms with van der Waals surface area (Å²) in [5, 5.41) is 7.62. The molecule has 0 spiro atoms. The number of nitrogens with one attached hydrogen (secondary N) is 1. The van der Waals surface area contributed by atoms with Gasteiger partial charge in [-0.2, -0.15) is 5.10 Å². The van der Waals surface area contributed by atoms with Gasteiger partial charge in [-0.1, -0.05) is 33.8 Å². The summed E-state index contributed by atoms with van der Waals surface area (Å²) >= 11 is 0. The summed E-state index contributed by atoms with van der Waals surface area (Å²) in [7, 11) is 0. The van der Waals surface area contributed by atoms with Crippen LogP contribution in [0.1, 0.15) is 51.2 Å². The van der Waals surface area contributed by atoms with Gasteiger partial charge in [0.2, 0.25) is 5.91 Å². The number of hydrogen-bond acceptors (Lipinski definition) is 2. The third kappa shape index (κ3) is 2.83. The van der Waals surface area contributed by atoms with Gasteiger partial charge in [-0.3, -0.25) is 9.89 Å². The van der Waals surface area contributed by atoms with E-state index in [2.05, 4.69) is 30.1 Å². The van der Waals surface area contributed by atoms with Crippen molar-refractivity contribution < 1.29 is 9.18 Å². The number of carbonyl (C=O) groups is 1. The fraction of sp³-hybridized carbons (Fsp3) is 0.474. The number of fused-ring (bicyclic) bond motifs is 1. The van der Waals surface area contributed by atoms with E-state index in [-0.39, 0.29) is 23.6 Å². The normalized spacial score (nSPS) is 15.5. The van der Waals surface area contributed by atoms with Crippen LogP contribution in [0.2, 0.25) is 0 Å². The highest BCUT2D eigenvalue weighted by molar-refractivity contribution is 5.88. The number of halogens is 1. The van der Waals surface area contributed by atoms with Crippen LogP contribution >= 0.6 is 0 Å². The molecule has 0 aliphatic carbocycles. The van der Waals surface area contributed by atoms with Crippen molar-refractivity contribution in [3.63, 3.8) is 0 Å². The Kier molecular flexibility index (Phi) is 4.43. The Labute approximate surface area is 141 Å². The molecule has 0 fully saturated rings. The summed E-state index contributed by atoms with van der Waals surface area (Å²) in [5.41, 5.74) is 2.98. The molecule has 0 radical (unpaired) electrons. The average molecular weight is 329 g/mol. The molecule has 0 saturated heterocycles. The molecule has 2 aromatic rings. The Morgan fingerprint density at radius 1 is 1.33 bits per heavy atom. The van der Waals surface area contributed by atoms with Crippen LogP contribution in [0.3, 0.4) is 0 Å². The van der Waals surface area contributed by atoms with Crippen LogP contribution in [-0.4, -0.2) is 34.1 Å². The second-order valence-corrected chi connectivity index (χ2v) is 7.07. The highest BCUT2D eigenvalue weighted by Gasteiger charge is 2.24. The van der Waals surface area contributed by atoms with E-state index in [1.165, 1.54) is 0 Å². The van der Waals surface area contributed by atoms with E-state index in [1.54, 1.807) is 6.20 Å². The number of aromatic nitrogens is 2. The summed E-state index contributed by atoms with van der Waals surface area (Å²) in [6, 6.07) is 1.92. The minimum Gasteiger partial charge on any atom is -0.338 e. The zero-order valence-corrected chi connectivity index (χ0v) is 14.7. The lowest BCUT2D eigenvalue weighted by Gasteiger charge is -2.29. The summed E-state index contributed by atoms with van der Waals surface area (Å²) in [4.78, 5) is 14.1. The first kappa shape index (κ1) is 16.7. The molecule has 3 rings (SSSR count). The molecular formula is C19H24FN3O. The average Bonchev–Trinajstić information content (AvgIpc) is 3.04. The number of aromatic amines is 1. The fourth-order valence-corrected chi connectivity index (χ4v) is 3.31. The second-order valence-electron chi connectivity index (χ2n) is 7.07. The molecule has 24 heavy (non-hydrogen) atoms. The van der Waals surface area contributed by atoms with Gasteiger partial charge in [-0.25, -0.2) is 4.39 Å². The molecule has 1 aromatic carbocycles. The van der Waals surface area contributed by atoms with Gasteiger partial charge < -0.3 is 4.90 Å². The lowest BCUT2D eigenvalue weighted by molar-refractivity contribution is -0.133. The lowest BCUT2D eigenvalue weighted by Crippen LogP contribution is -2.38. The van der Waals surface area contributed by atoms with Gasteiger partial charge in [0.15, 0.2) is 5.82 Å².